The monoisotopic (exact) mass is 270 g/mol. The Hall–Kier alpha value is -2.14. The van der Waals surface area contributed by atoms with Gasteiger partial charge < -0.3 is 10.6 Å². The Morgan fingerprint density at radius 2 is 2.15 bits per heavy atom. The molecule has 1 aliphatic heterocycles. The zero-order valence-corrected chi connectivity index (χ0v) is 11.7. The Balaban J connectivity index is 1.75. The molecule has 5 heteroatoms. The van der Waals surface area contributed by atoms with E-state index in [-0.39, 0.29) is 11.9 Å². The van der Waals surface area contributed by atoms with Gasteiger partial charge in [-0.3, -0.25) is 9.48 Å². The van der Waals surface area contributed by atoms with Gasteiger partial charge in [0.05, 0.1) is 11.9 Å². The number of nitrogens with one attached hydrogen (secondary N) is 2. The second-order valence-corrected chi connectivity index (χ2v) is 5.34. The minimum absolute atomic E-state index is 0.0944. The molecule has 104 valence electrons. The average molecular weight is 270 g/mol. The van der Waals surface area contributed by atoms with Gasteiger partial charge in [0.2, 0.25) is 0 Å². The molecule has 0 radical (unpaired) electrons. The van der Waals surface area contributed by atoms with Gasteiger partial charge in [0, 0.05) is 30.9 Å². The molecule has 0 atom stereocenters. The fourth-order valence-corrected chi connectivity index (χ4v) is 2.32. The van der Waals surface area contributed by atoms with Crippen LogP contribution in [0.1, 0.15) is 41.4 Å². The molecule has 0 saturated carbocycles. The van der Waals surface area contributed by atoms with E-state index in [4.69, 9.17) is 0 Å². The van der Waals surface area contributed by atoms with Crippen LogP contribution in [0.4, 0.5) is 5.69 Å². The van der Waals surface area contributed by atoms with E-state index in [0.29, 0.717) is 5.56 Å². The highest BCUT2D eigenvalue weighted by atomic mass is 16.1. The van der Waals surface area contributed by atoms with Gasteiger partial charge in [-0.05, 0) is 37.1 Å². The second-order valence-electron chi connectivity index (χ2n) is 5.34. The van der Waals surface area contributed by atoms with E-state index >= 15 is 0 Å². The molecule has 5 nitrogen and oxygen atoms in total. The second kappa shape index (κ2) is 5.09. The van der Waals surface area contributed by atoms with Crippen LogP contribution in [0.15, 0.2) is 30.6 Å². The Labute approximate surface area is 118 Å². The van der Waals surface area contributed by atoms with Crippen molar-refractivity contribution >= 4 is 11.6 Å². The number of rotatable bonds is 3. The van der Waals surface area contributed by atoms with Gasteiger partial charge in [-0.1, -0.05) is 6.07 Å². The first-order valence-corrected chi connectivity index (χ1v) is 6.81. The molecule has 2 heterocycles. The van der Waals surface area contributed by atoms with Crippen molar-refractivity contribution in [2.45, 2.75) is 33.0 Å². The van der Waals surface area contributed by atoms with E-state index in [0.717, 1.165) is 18.8 Å². The topological polar surface area (TPSA) is 59.0 Å². The molecule has 1 aliphatic rings. The lowest BCUT2D eigenvalue weighted by molar-refractivity contribution is 0.102. The Bertz CT molecular complexity index is 645. The standard InChI is InChI=1S/C15H18N4O/c1-10(2)19-9-14(8-17-19)18-15(20)11-3-4-12-6-16-7-13(12)5-11/h3-5,8-10,16H,6-7H2,1-2H3,(H,18,20). The summed E-state index contributed by atoms with van der Waals surface area (Å²) in [6.07, 6.45) is 3.52. The number of nitrogens with zero attached hydrogens (tertiary/aromatic N) is 2. The molecular weight excluding hydrogens is 252 g/mol. The third-order valence-corrected chi connectivity index (χ3v) is 3.49. The van der Waals surface area contributed by atoms with E-state index in [1.807, 2.05) is 42.9 Å². The summed E-state index contributed by atoms with van der Waals surface area (Å²) in [5.74, 6) is -0.0944. The molecule has 1 aromatic heterocycles. The number of aromatic nitrogens is 2. The summed E-state index contributed by atoms with van der Waals surface area (Å²) in [5, 5.41) is 10.4. The number of carbonyl (C=O) groups excluding carboxylic acids is 1. The van der Waals surface area contributed by atoms with Gasteiger partial charge in [0.15, 0.2) is 0 Å². The summed E-state index contributed by atoms with van der Waals surface area (Å²) in [6.45, 7) is 5.82. The molecule has 0 bridgehead atoms. The normalized spacial score (nSPS) is 13.6. The number of fused-ring (bicyclic) bond motifs is 1. The SMILES string of the molecule is CC(C)n1cc(NC(=O)c2ccc3c(c2)CNC3)cn1. The van der Waals surface area contributed by atoms with Crippen LogP contribution < -0.4 is 10.6 Å². The number of hydrogen-bond acceptors (Lipinski definition) is 3. The molecule has 2 aromatic rings. The Kier molecular flexibility index (Phi) is 3.28. The van der Waals surface area contributed by atoms with Crippen LogP contribution in [0.25, 0.3) is 0 Å². The summed E-state index contributed by atoms with van der Waals surface area (Å²) in [6, 6.07) is 6.12. The van der Waals surface area contributed by atoms with Gasteiger partial charge >= 0.3 is 0 Å². The quantitative estimate of drug-likeness (QED) is 0.900. The fraction of sp³-hybridized carbons (Fsp3) is 0.333. The van der Waals surface area contributed by atoms with Crippen molar-refractivity contribution < 1.29 is 4.79 Å². The van der Waals surface area contributed by atoms with Crippen LogP contribution in [-0.2, 0) is 13.1 Å². The third-order valence-electron chi connectivity index (χ3n) is 3.49. The summed E-state index contributed by atoms with van der Waals surface area (Å²) >= 11 is 0. The van der Waals surface area contributed by atoms with E-state index in [2.05, 4.69) is 15.7 Å². The summed E-state index contributed by atoms with van der Waals surface area (Å²) in [7, 11) is 0. The summed E-state index contributed by atoms with van der Waals surface area (Å²) in [5.41, 5.74) is 3.89. The molecule has 0 fully saturated rings. The van der Waals surface area contributed by atoms with Crippen molar-refractivity contribution in [1.82, 2.24) is 15.1 Å². The maximum atomic E-state index is 12.2. The van der Waals surface area contributed by atoms with Crippen LogP contribution in [0, 0.1) is 0 Å². The number of carbonyl (C=O) groups is 1. The molecule has 0 unspecified atom stereocenters. The van der Waals surface area contributed by atoms with E-state index in [1.165, 1.54) is 11.1 Å². The minimum atomic E-state index is -0.0944. The van der Waals surface area contributed by atoms with Crippen molar-refractivity contribution in [3.63, 3.8) is 0 Å². The molecule has 0 saturated heterocycles. The largest absolute Gasteiger partial charge is 0.319 e. The summed E-state index contributed by atoms with van der Waals surface area (Å²) < 4.78 is 1.82. The minimum Gasteiger partial charge on any atom is -0.319 e. The maximum Gasteiger partial charge on any atom is 0.255 e. The summed E-state index contributed by atoms with van der Waals surface area (Å²) in [4.78, 5) is 12.2. The number of benzene rings is 1. The molecule has 1 amide bonds. The predicted octanol–water partition coefficient (Wildman–Crippen LogP) is 2.32. The lowest BCUT2D eigenvalue weighted by atomic mass is 10.1. The van der Waals surface area contributed by atoms with Crippen LogP contribution >= 0.6 is 0 Å². The van der Waals surface area contributed by atoms with Crippen molar-refractivity contribution in [1.29, 1.82) is 0 Å². The highest BCUT2D eigenvalue weighted by Crippen LogP contribution is 2.18. The molecule has 20 heavy (non-hydrogen) atoms. The Morgan fingerprint density at radius 3 is 2.90 bits per heavy atom. The van der Waals surface area contributed by atoms with Gasteiger partial charge in [-0.2, -0.15) is 5.10 Å². The molecule has 1 aromatic carbocycles. The first-order valence-electron chi connectivity index (χ1n) is 6.81. The molecule has 0 aliphatic carbocycles. The zero-order chi connectivity index (χ0) is 14.1. The zero-order valence-electron chi connectivity index (χ0n) is 11.7. The Morgan fingerprint density at radius 1 is 1.35 bits per heavy atom. The number of amides is 1. The lowest BCUT2D eigenvalue weighted by Gasteiger charge is -2.05. The van der Waals surface area contributed by atoms with Crippen molar-refractivity contribution in [2.24, 2.45) is 0 Å². The molecule has 0 spiro atoms. The predicted molar refractivity (Wildman–Crippen MR) is 77.6 cm³/mol. The van der Waals surface area contributed by atoms with Gasteiger partial charge in [-0.15, -0.1) is 0 Å². The average Bonchev–Trinajstić information content (AvgIpc) is 3.05. The first-order chi connectivity index (χ1) is 9.63. The fourth-order valence-electron chi connectivity index (χ4n) is 2.32. The van der Waals surface area contributed by atoms with Crippen LogP contribution in [-0.4, -0.2) is 15.7 Å². The van der Waals surface area contributed by atoms with Crippen molar-refractivity contribution in [2.75, 3.05) is 5.32 Å². The first kappa shape index (κ1) is 12.9. The maximum absolute atomic E-state index is 12.2. The number of anilines is 1. The molecular formula is C15H18N4O. The lowest BCUT2D eigenvalue weighted by Crippen LogP contribution is -2.12. The molecule has 3 rings (SSSR count). The van der Waals surface area contributed by atoms with E-state index in [1.54, 1.807) is 6.20 Å². The van der Waals surface area contributed by atoms with Crippen molar-refractivity contribution in [3.8, 4) is 0 Å². The van der Waals surface area contributed by atoms with Gasteiger partial charge in [0.1, 0.15) is 0 Å². The number of hydrogen-bond donors (Lipinski definition) is 2. The molecule has 2 N–H and O–H groups in total. The van der Waals surface area contributed by atoms with Gasteiger partial charge in [-0.25, -0.2) is 0 Å². The van der Waals surface area contributed by atoms with E-state index in [9.17, 15) is 4.79 Å². The smallest absolute Gasteiger partial charge is 0.255 e. The van der Waals surface area contributed by atoms with Gasteiger partial charge in [0.25, 0.3) is 5.91 Å². The highest BCUT2D eigenvalue weighted by Gasteiger charge is 2.14. The van der Waals surface area contributed by atoms with Crippen molar-refractivity contribution in [3.05, 3.63) is 47.3 Å². The van der Waals surface area contributed by atoms with E-state index < -0.39 is 0 Å². The van der Waals surface area contributed by atoms with Crippen LogP contribution in [0.3, 0.4) is 0 Å². The highest BCUT2D eigenvalue weighted by molar-refractivity contribution is 6.04. The van der Waals surface area contributed by atoms with Crippen LogP contribution in [0.2, 0.25) is 0 Å². The van der Waals surface area contributed by atoms with Crippen LogP contribution in [0.5, 0.6) is 0 Å². The third kappa shape index (κ3) is 2.44.